The highest BCUT2D eigenvalue weighted by molar-refractivity contribution is 6.09. The van der Waals surface area contributed by atoms with Crippen molar-refractivity contribution in [1.29, 1.82) is 0 Å². The van der Waals surface area contributed by atoms with Gasteiger partial charge >= 0.3 is 5.97 Å². The maximum Gasteiger partial charge on any atom is 0.309 e. The van der Waals surface area contributed by atoms with E-state index in [1.807, 2.05) is 6.92 Å². The zero-order chi connectivity index (χ0) is 14.6. The number of fused-ring (bicyclic) bond motifs is 3. The zero-order valence-electron chi connectivity index (χ0n) is 11.5. The Bertz CT molecular complexity index is 544. The van der Waals surface area contributed by atoms with Gasteiger partial charge in [-0.3, -0.25) is 9.59 Å². The number of hydrogen-bond acceptors (Lipinski definition) is 5. The van der Waals surface area contributed by atoms with E-state index >= 15 is 0 Å². The molecule has 0 bridgehead atoms. The van der Waals surface area contributed by atoms with Gasteiger partial charge in [0.1, 0.15) is 6.10 Å². The topological polar surface area (TPSA) is 83.8 Å². The first kappa shape index (κ1) is 13.5. The summed E-state index contributed by atoms with van der Waals surface area (Å²) in [7, 11) is 0. The van der Waals surface area contributed by atoms with Crippen molar-refractivity contribution in [3.05, 3.63) is 22.8 Å². The van der Waals surface area contributed by atoms with Gasteiger partial charge in [-0.2, -0.15) is 0 Å². The van der Waals surface area contributed by atoms with Crippen molar-refractivity contribution in [2.75, 3.05) is 6.61 Å². The van der Waals surface area contributed by atoms with Crippen LogP contribution in [0.3, 0.4) is 0 Å². The quantitative estimate of drug-likeness (QED) is 0.677. The highest BCUT2D eigenvalue weighted by atomic mass is 16.6. The molecule has 1 saturated heterocycles. The van der Waals surface area contributed by atoms with E-state index in [0.717, 1.165) is 5.57 Å². The molecular weight excluding hydrogens is 260 g/mol. The molecule has 20 heavy (non-hydrogen) atoms. The third kappa shape index (κ3) is 1.70. The Kier molecular flexibility index (Phi) is 3.06. The first-order valence-electron chi connectivity index (χ1n) is 6.89. The lowest BCUT2D eigenvalue weighted by Gasteiger charge is -2.27. The summed E-state index contributed by atoms with van der Waals surface area (Å²) >= 11 is 0. The number of ketones is 1. The van der Waals surface area contributed by atoms with Crippen LogP contribution in [0.4, 0.5) is 0 Å². The van der Waals surface area contributed by atoms with Crippen molar-refractivity contribution in [1.82, 2.24) is 0 Å². The van der Waals surface area contributed by atoms with Gasteiger partial charge in [-0.25, -0.2) is 0 Å². The second kappa shape index (κ2) is 4.53. The number of carbonyl (C=O) groups is 2. The van der Waals surface area contributed by atoms with Gasteiger partial charge in [0, 0.05) is 17.4 Å². The van der Waals surface area contributed by atoms with Crippen molar-refractivity contribution >= 4 is 11.8 Å². The first-order chi connectivity index (χ1) is 9.45. The summed E-state index contributed by atoms with van der Waals surface area (Å²) in [6.45, 7) is 3.33. The molecule has 0 amide bonds. The van der Waals surface area contributed by atoms with Crippen LogP contribution in [0.1, 0.15) is 20.3 Å². The number of ether oxygens (including phenoxy) is 1. The summed E-state index contributed by atoms with van der Waals surface area (Å²) in [5.74, 6) is -1.60. The summed E-state index contributed by atoms with van der Waals surface area (Å²) < 4.78 is 5.43. The molecule has 5 atom stereocenters. The summed E-state index contributed by atoms with van der Waals surface area (Å²) in [6.07, 6.45) is 0.554. The normalized spacial score (nSPS) is 40.2. The predicted molar refractivity (Wildman–Crippen MR) is 69.5 cm³/mol. The SMILES string of the molecule is CC1=C2C(=O)C=C(CO)[C@H]2[C@@H]2OC(=O)[C@@H](C)[C@H]2[C@H](O)C1. The van der Waals surface area contributed by atoms with E-state index in [2.05, 4.69) is 0 Å². The number of carbonyl (C=O) groups excluding carboxylic acids is 2. The van der Waals surface area contributed by atoms with Crippen LogP contribution < -0.4 is 0 Å². The maximum absolute atomic E-state index is 12.1. The van der Waals surface area contributed by atoms with Crippen LogP contribution in [-0.2, 0) is 14.3 Å². The van der Waals surface area contributed by atoms with Gasteiger partial charge in [-0.05, 0) is 25.0 Å². The molecule has 2 aliphatic carbocycles. The molecule has 0 aromatic heterocycles. The van der Waals surface area contributed by atoms with Gasteiger partial charge in [0.2, 0.25) is 0 Å². The minimum atomic E-state index is -0.702. The molecule has 0 radical (unpaired) electrons. The smallest absolute Gasteiger partial charge is 0.309 e. The molecule has 1 aliphatic heterocycles. The van der Waals surface area contributed by atoms with E-state index in [4.69, 9.17) is 4.74 Å². The number of hydrogen-bond donors (Lipinski definition) is 2. The first-order valence-corrected chi connectivity index (χ1v) is 6.89. The fourth-order valence-electron chi connectivity index (χ4n) is 3.83. The Morgan fingerprint density at radius 1 is 1.40 bits per heavy atom. The van der Waals surface area contributed by atoms with Crippen LogP contribution in [-0.4, -0.2) is 40.8 Å². The standard InChI is InChI=1S/C15H18O5/c1-6-3-9(17)12-7(2)15(19)20-14(12)13-8(5-16)4-10(18)11(6)13/h4,7,9,12-14,16-17H,3,5H2,1-2H3/t7-,9+,12-,13+,14+/m0/s1. The van der Waals surface area contributed by atoms with Crippen molar-refractivity contribution < 1.29 is 24.5 Å². The highest BCUT2D eigenvalue weighted by Gasteiger charge is 2.54. The third-order valence-corrected chi connectivity index (χ3v) is 4.80. The Balaban J connectivity index is 2.11. The molecule has 5 nitrogen and oxygen atoms in total. The van der Waals surface area contributed by atoms with Gasteiger partial charge in [0.25, 0.3) is 0 Å². The average molecular weight is 278 g/mol. The van der Waals surface area contributed by atoms with Gasteiger partial charge in [0.15, 0.2) is 5.78 Å². The lowest BCUT2D eigenvalue weighted by molar-refractivity contribution is -0.145. The van der Waals surface area contributed by atoms with Crippen LogP contribution in [0, 0.1) is 17.8 Å². The fourth-order valence-corrected chi connectivity index (χ4v) is 3.83. The zero-order valence-corrected chi connectivity index (χ0v) is 11.5. The van der Waals surface area contributed by atoms with Gasteiger partial charge in [0.05, 0.1) is 18.6 Å². The monoisotopic (exact) mass is 278 g/mol. The summed E-state index contributed by atoms with van der Waals surface area (Å²) in [6, 6.07) is 0. The largest absolute Gasteiger partial charge is 0.461 e. The molecule has 1 heterocycles. The van der Waals surface area contributed by atoms with Crippen LogP contribution >= 0.6 is 0 Å². The maximum atomic E-state index is 12.1. The van der Waals surface area contributed by atoms with Crippen LogP contribution in [0.25, 0.3) is 0 Å². The minimum Gasteiger partial charge on any atom is -0.461 e. The molecule has 5 heteroatoms. The summed E-state index contributed by atoms with van der Waals surface area (Å²) in [4.78, 5) is 24.0. The Hall–Kier alpha value is -1.46. The number of esters is 1. The minimum absolute atomic E-state index is 0.139. The molecule has 0 spiro atoms. The fraction of sp³-hybridized carbons (Fsp3) is 0.600. The number of aliphatic hydroxyl groups excluding tert-OH is 2. The van der Waals surface area contributed by atoms with E-state index in [-0.39, 0.29) is 24.3 Å². The van der Waals surface area contributed by atoms with Gasteiger partial charge in [-0.15, -0.1) is 0 Å². The van der Waals surface area contributed by atoms with E-state index in [1.54, 1.807) is 6.92 Å². The second-order valence-electron chi connectivity index (χ2n) is 5.95. The molecule has 0 unspecified atom stereocenters. The van der Waals surface area contributed by atoms with Crippen molar-refractivity contribution in [3.8, 4) is 0 Å². The lowest BCUT2D eigenvalue weighted by Crippen LogP contribution is -2.35. The van der Waals surface area contributed by atoms with Crippen LogP contribution in [0.2, 0.25) is 0 Å². The number of allylic oxidation sites excluding steroid dienone is 1. The third-order valence-electron chi connectivity index (χ3n) is 4.80. The lowest BCUT2D eigenvalue weighted by atomic mass is 9.79. The number of aliphatic hydroxyl groups is 2. The van der Waals surface area contributed by atoms with E-state index < -0.39 is 24.0 Å². The highest BCUT2D eigenvalue weighted by Crippen LogP contribution is 2.47. The van der Waals surface area contributed by atoms with Crippen molar-refractivity contribution in [2.24, 2.45) is 17.8 Å². The molecule has 0 saturated carbocycles. The number of rotatable bonds is 1. The molecule has 108 valence electrons. The molecule has 1 fully saturated rings. The van der Waals surface area contributed by atoms with E-state index in [1.165, 1.54) is 6.08 Å². The molecule has 3 aliphatic rings. The molecule has 3 rings (SSSR count). The van der Waals surface area contributed by atoms with E-state index in [9.17, 15) is 19.8 Å². The van der Waals surface area contributed by atoms with Crippen molar-refractivity contribution in [2.45, 2.75) is 32.5 Å². The summed E-state index contributed by atoms with van der Waals surface area (Å²) in [5.41, 5.74) is 1.99. The molecule has 2 N–H and O–H groups in total. The van der Waals surface area contributed by atoms with Crippen LogP contribution in [0.5, 0.6) is 0 Å². The Labute approximate surface area is 116 Å². The molecule has 0 aromatic rings. The van der Waals surface area contributed by atoms with Crippen LogP contribution in [0.15, 0.2) is 22.8 Å². The summed E-state index contributed by atoms with van der Waals surface area (Å²) in [5, 5.41) is 19.8. The Morgan fingerprint density at radius 2 is 2.10 bits per heavy atom. The van der Waals surface area contributed by atoms with Gasteiger partial charge < -0.3 is 14.9 Å². The molecular formula is C15H18O5. The van der Waals surface area contributed by atoms with Gasteiger partial charge in [-0.1, -0.05) is 12.5 Å². The van der Waals surface area contributed by atoms with E-state index in [0.29, 0.717) is 17.6 Å². The van der Waals surface area contributed by atoms with Crippen molar-refractivity contribution in [3.63, 3.8) is 0 Å². The average Bonchev–Trinajstić information content (AvgIpc) is 2.83. The Morgan fingerprint density at radius 3 is 2.75 bits per heavy atom. The predicted octanol–water partition coefficient (Wildman–Crippen LogP) is 0.363. The molecule has 0 aromatic carbocycles. The second-order valence-corrected chi connectivity index (χ2v) is 5.95.